The van der Waals surface area contributed by atoms with E-state index in [0.29, 0.717) is 12.0 Å². The van der Waals surface area contributed by atoms with Gasteiger partial charge in [-0.25, -0.2) is 0 Å². The second-order valence-corrected chi connectivity index (χ2v) is 5.62. The Morgan fingerprint density at radius 3 is 3.05 bits per heavy atom. The van der Waals surface area contributed by atoms with Gasteiger partial charge in [-0.3, -0.25) is 4.98 Å². The highest BCUT2D eigenvalue weighted by Crippen LogP contribution is 2.27. The van der Waals surface area contributed by atoms with Gasteiger partial charge < -0.3 is 10.2 Å². The Kier molecular flexibility index (Phi) is 3.38. The number of rotatable bonds is 2. The van der Waals surface area contributed by atoms with Crippen molar-refractivity contribution in [1.82, 2.24) is 10.3 Å². The van der Waals surface area contributed by atoms with Crippen LogP contribution in [0.15, 0.2) is 36.7 Å². The SMILES string of the molecule is CC(C)C1CN(c2cccc3cnccc23)CCN1. The van der Waals surface area contributed by atoms with Crippen LogP contribution in [-0.4, -0.2) is 30.7 Å². The molecule has 1 aromatic heterocycles. The van der Waals surface area contributed by atoms with Gasteiger partial charge in [0.2, 0.25) is 0 Å². The van der Waals surface area contributed by atoms with Crippen LogP contribution in [0.5, 0.6) is 0 Å². The number of aromatic nitrogens is 1. The Bertz CT molecular complexity index is 559. The number of hydrogen-bond acceptors (Lipinski definition) is 3. The molecular weight excluding hydrogens is 234 g/mol. The summed E-state index contributed by atoms with van der Waals surface area (Å²) in [5.41, 5.74) is 1.34. The molecule has 3 heteroatoms. The molecular formula is C16H21N3. The van der Waals surface area contributed by atoms with Crippen LogP contribution in [0.4, 0.5) is 5.69 Å². The van der Waals surface area contributed by atoms with E-state index in [1.807, 2.05) is 12.4 Å². The Morgan fingerprint density at radius 2 is 2.21 bits per heavy atom. The molecule has 1 aliphatic heterocycles. The van der Waals surface area contributed by atoms with Gasteiger partial charge in [0.25, 0.3) is 0 Å². The van der Waals surface area contributed by atoms with Crippen LogP contribution in [0.3, 0.4) is 0 Å². The van der Waals surface area contributed by atoms with Crippen molar-refractivity contribution in [3.63, 3.8) is 0 Å². The van der Waals surface area contributed by atoms with Crippen molar-refractivity contribution in [2.24, 2.45) is 5.92 Å². The summed E-state index contributed by atoms with van der Waals surface area (Å²) in [5, 5.41) is 6.14. The molecule has 1 aliphatic rings. The average Bonchev–Trinajstić information content (AvgIpc) is 2.47. The van der Waals surface area contributed by atoms with Gasteiger partial charge in [0, 0.05) is 54.5 Å². The molecule has 3 rings (SSSR count). The van der Waals surface area contributed by atoms with Gasteiger partial charge in [0.1, 0.15) is 0 Å². The summed E-state index contributed by atoms with van der Waals surface area (Å²) in [7, 11) is 0. The first-order valence-electron chi connectivity index (χ1n) is 7.07. The third-order valence-electron chi connectivity index (χ3n) is 4.01. The summed E-state index contributed by atoms with van der Waals surface area (Å²) in [6, 6.07) is 9.19. The molecule has 3 nitrogen and oxygen atoms in total. The molecule has 1 atom stereocenters. The molecule has 2 aromatic rings. The summed E-state index contributed by atoms with van der Waals surface area (Å²) in [4.78, 5) is 6.71. The minimum Gasteiger partial charge on any atom is -0.368 e. The first-order valence-corrected chi connectivity index (χ1v) is 7.07. The zero-order chi connectivity index (χ0) is 13.2. The monoisotopic (exact) mass is 255 g/mol. The maximum Gasteiger partial charge on any atom is 0.0448 e. The van der Waals surface area contributed by atoms with E-state index >= 15 is 0 Å². The van der Waals surface area contributed by atoms with Crippen molar-refractivity contribution < 1.29 is 0 Å². The number of benzene rings is 1. The molecule has 2 heterocycles. The molecule has 0 radical (unpaired) electrons. The fourth-order valence-corrected chi connectivity index (χ4v) is 2.82. The molecule has 1 N–H and O–H groups in total. The lowest BCUT2D eigenvalue weighted by Gasteiger charge is -2.37. The van der Waals surface area contributed by atoms with Crippen LogP contribution >= 0.6 is 0 Å². The van der Waals surface area contributed by atoms with Crippen LogP contribution in [0.25, 0.3) is 10.8 Å². The van der Waals surface area contributed by atoms with Gasteiger partial charge in [-0.2, -0.15) is 0 Å². The van der Waals surface area contributed by atoms with Crippen LogP contribution in [0.1, 0.15) is 13.8 Å². The van der Waals surface area contributed by atoms with E-state index in [1.54, 1.807) is 0 Å². The molecule has 1 saturated heterocycles. The summed E-state index contributed by atoms with van der Waals surface area (Å²) in [5.74, 6) is 0.666. The molecule has 1 fully saturated rings. The molecule has 1 unspecified atom stereocenters. The predicted octanol–water partition coefficient (Wildman–Crippen LogP) is 2.67. The maximum absolute atomic E-state index is 4.21. The van der Waals surface area contributed by atoms with E-state index in [1.165, 1.54) is 16.5 Å². The first-order chi connectivity index (χ1) is 9.25. The third kappa shape index (κ3) is 2.43. The van der Waals surface area contributed by atoms with Crippen molar-refractivity contribution in [3.8, 4) is 0 Å². The fourth-order valence-electron chi connectivity index (χ4n) is 2.82. The van der Waals surface area contributed by atoms with Gasteiger partial charge in [-0.05, 0) is 18.1 Å². The average molecular weight is 255 g/mol. The lowest BCUT2D eigenvalue weighted by atomic mass is 10.0. The van der Waals surface area contributed by atoms with Gasteiger partial charge in [0.05, 0.1) is 0 Å². The van der Waals surface area contributed by atoms with Crippen LogP contribution < -0.4 is 10.2 Å². The predicted molar refractivity (Wildman–Crippen MR) is 80.6 cm³/mol. The zero-order valence-corrected chi connectivity index (χ0v) is 11.6. The molecule has 0 amide bonds. The highest BCUT2D eigenvalue weighted by molar-refractivity contribution is 5.93. The highest BCUT2D eigenvalue weighted by Gasteiger charge is 2.22. The van der Waals surface area contributed by atoms with Gasteiger partial charge in [-0.1, -0.05) is 26.0 Å². The van der Waals surface area contributed by atoms with Crippen molar-refractivity contribution in [3.05, 3.63) is 36.7 Å². The third-order valence-corrected chi connectivity index (χ3v) is 4.01. The van der Waals surface area contributed by atoms with Crippen LogP contribution in [0, 0.1) is 5.92 Å². The summed E-state index contributed by atoms with van der Waals surface area (Å²) in [6.07, 6.45) is 3.83. The van der Waals surface area contributed by atoms with Gasteiger partial charge in [0.15, 0.2) is 0 Å². The quantitative estimate of drug-likeness (QED) is 0.894. The molecule has 0 aliphatic carbocycles. The first kappa shape index (κ1) is 12.4. The standard InChI is InChI=1S/C16H21N3/c1-12(2)15-11-19(9-8-18-15)16-5-3-4-13-10-17-7-6-14(13)16/h3-7,10,12,15,18H,8-9,11H2,1-2H3. The summed E-state index contributed by atoms with van der Waals surface area (Å²) >= 11 is 0. The number of nitrogens with one attached hydrogen (secondary N) is 1. The van der Waals surface area contributed by atoms with Crippen molar-refractivity contribution in [2.45, 2.75) is 19.9 Å². The van der Waals surface area contributed by atoms with Gasteiger partial charge in [-0.15, -0.1) is 0 Å². The molecule has 1 aromatic carbocycles. The number of piperazine rings is 1. The number of hydrogen-bond donors (Lipinski definition) is 1. The van der Waals surface area contributed by atoms with E-state index in [2.05, 4.69) is 53.3 Å². The van der Waals surface area contributed by atoms with Crippen LogP contribution in [0.2, 0.25) is 0 Å². The lowest BCUT2D eigenvalue weighted by molar-refractivity contribution is 0.369. The van der Waals surface area contributed by atoms with E-state index in [9.17, 15) is 0 Å². The Hall–Kier alpha value is -1.61. The normalized spacial score (nSPS) is 20.2. The van der Waals surface area contributed by atoms with E-state index in [4.69, 9.17) is 0 Å². The van der Waals surface area contributed by atoms with Crippen molar-refractivity contribution in [1.29, 1.82) is 0 Å². The lowest BCUT2D eigenvalue weighted by Crippen LogP contribution is -2.53. The van der Waals surface area contributed by atoms with E-state index in [-0.39, 0.29) is 0 Å². The molecule has 100 valence electrons. The Balaban J connectivity index is 1.95. The summed E-state index contributed by atoms with van der Waals surface area (Å²) in [6.45, 7) is 7.79. The zero-order valence-electron chi connectivity index (χ0n) is 11.6. The molecule has 19 heavy (non-hydrogen) atoms. The Morgan fingerprint density at radius 1 is 1.32 bits per heavy atom. The van der Waals surface area contributed by atoms with Crippen LogP contribution in [-0.2, 0) is 0 Å². The van der Waals surface area contributed by atoms with Crippen molar-refractivity contribution >= 4 is 16.5 Å². The molecule has 0 saturated carbocycles. The van der Waals surface area contributed by atoms with E-state index in [0.717, 1.165) is 19.6 Å². The molecule has 0 spiro atoms. The largest absolute Gasteiger partial charge is 0.368 e. The smallest absolute Gasteiger partial charge is 0.0448 e. The second kappa shape index (κ2) is 5.17. The Labute approximate surface area is 114 Å². The van der Waals surface area contributed by atoms with Gasteiger partial charge >= 0.3 is 0 Å². The second-order valence-electron chi connectivity index (χ2n) is 5.62. The number of fused-ring (bicyclic) bond motifs is 1. The minimum atomic E-state index is 0.575. The highest BCUT2D eigenvalue weighted by atomic mass is 15.2. The van der Waals surface area contributed by atoms with E-state index < -0.39 is 0 Å². The number of pyridine rings is 1. The van der Waals surface area contributed by atoms with Crippen molar-refractivity contribution in [2.75, 3.05) is 24.5 Å². The summed E-state index contributed by atoms with van der Waals surface area (Å²) < 4.78 is 0. The fraction of sp³-hybridized carbons (Fsp3) is 0.438. The topological polar surface area (TPSA) is 28.2 Å². The number of anilines is 1. The molecule has 0 bridgehead atoms. The minimum absolute atomic E-state index is 0.575. The maximum atomic E-state index is 4.21. The number of nitrogens with zero attached hydrogens (tertiary/aromatic N) is 2.